The van der Waals surface area contributed by atoms with Crippen LogP contribution in [0.15, 0.2) is 48.5 Å². The number of rotatable bonds is 9. The molecular formula is C39H48N4O4. The molecule has 2 aromatic carbocycles. The molecule has 1 N–H and O–H groups in total. The highest BCUT2D eigenvalue weighted by Crippen LogP contribution is 2.37. The number of benzene rings is 2. The van der Waals surface area contributed by atoms with Gasteiger partial charge in [-0.2, -0.15) is 0 Å². The lowest BCUT2D eigenvalue weighted by molar-refractivity contribution is -0.138. The Labute approximate surface area is 277 Å². The fraction of sp³-hybridized carbons (Fsp3) is 0.513. The normalized spacial score (nSPS) is 19.1. The minimum absolute atomic E-state index is 0.0912. The molecule has 0 bridgehead atoms. The molecule has 4 aromatic rings. The van der Waals surface area contributed by atoms with Crippen molar-refractivity contribution in [2.75, 3.05) is 39.4 Å². The lowest BCUT2D eigenvalue weighted by Gasteiger charge is -2.40. The maximum Gasteiger partial charge on any atom is 0.303 e. The molecule has 7 rings (SSSR count). The number of piperazine rings is 1. The average Bonchev–Trinajstić information content (AvgIpc) is 3.73. The van der Waals surface area contributed by atoms with Crippen molar-refractivity contribution in [3.05, 3.63) is 76.5 Å². The number of ether oxygens (including phenoxy) is 1. The monoisotopic (exact) mass is 636 g/mol. The number of para-hydroxylation sites is 1. The van der Waals surface area contributed by atoms with Crippen molar-refractivity contribution in [1.29, 1.82) is 0 Å². The molecule has 248 valence electrons. The maximum atomic E-state index is 14.3. The summed E-state index contributed by atoms with van der Waals surface area (Å²) in [5.41, 5.74) is 7.33. The molecule has 1 amide bonds. The molecule has 3 fully saturated rings. The van der Waals surface area contributed by atoms with E-state index in [-0.39, 0.29) is 24.2 Å². The van der Waals surface area contributed by atoms with Crippen molar-refractivity contribution >= 4 is 33.8 Å². The Morgan fingerprint density at radius 1 is 0.936 bits per heavy atom. The van der Waals surface area contributed by atoms with Crippen LogP contribution in [0.5, 0.6) is 0 Å². The maximum absolute atomic E-state index is 14.3. The van der Waals surface area contributed by atoms with E-state index in [0.29, 0.717) is 19.0 Å². The van der Waals surface area contributed by atoms with Gasteiger partial charge in [-0.15, -0.1) is 0 Å². The summed E-state index contributed by atoms with van der Waals surface area (Å²) in [5, 5.41) is 11.6. The topological polar surface area (TPSA) is 87.9 Å². The van der Waals surface area contributed by atoms with Gasteiger partial charge in [0.05, 0.1) is 11.4 Å². The van der Waals surface area contributed by atoms with Gasteiger partial charge in [-0.3, -0.25) is 14.5 Å². The number of carbonyl (C=O) groups is 2. The molecule has 8 heteroatoms. The van der Waals surface area contributed by atoms with Crippen LogP contribution in [0, 0.1) is 19.8 Å². The van der Waals surface area contributed by atoms with Crippen molar-refractivity contribution in [3.8, 4) is 0 Å². The van der Waals surface area contributed by atoms with Crippen LogP contribution in [0.2, 0.25) is 0 Å². The first-order chi connectivity index (χ1) is 22.9. The zero-order valence-electron chi connectivity index (χ0n) is 27.9. The Kier molecular flexibility index (Phi) is 9.33. The van der Waals surface area contributed by atoms with Gasteiger partial charge in [0.25, 0.3) is 0 Å². The number of aliphatic carboxylic acids is 1. The van der Waals surface area contributed by atoms with Gasteiger partial charge >= 0.3 is 5.97 Å². The van der Waals surface area contributed by atoms with E-state index in [1.165, 1.54) is 25.7 Å². The summed E-state index contributed by atoms with van der Waals surface area (Å²) in [4.78, 5) is 35.4. The molecule has 8 nitrogen and oxygen atoms in total. The summed E-state index contributed by atoms with van der Waals surface area (Å²) in [6.07, 6.45) is 7.70. The largest absolute Gasteiger partial charge is 0.481 e. The van der Waals surface area contributed by atoms with Crippen LogP contribution in [0.4, 0.5) is 0 Å². The number of aromatic nitrogens is 2. The van der Waals surface area contributed by atoms with Crippen LogP contribution in [0.25, 0.3) is 21.9 Å². The second kappa shape index (κ2) is 13.8. The fourth-order valence-corrected chi connectivity index (χ4v) is 8.64. The van der Waals surface area contributed by atoms with Gasteiger partial charge in [-0.25, -0.2) is 4.98 Å². The van der Waals surface area contributed by atoms with Crippen LogP contribution in [0.1, 0.15) is 78.8 Å². The molecule has 2 aliphatic heterocycles. The van der Waals surface area contributed by atoms with E-state index >= 15 is 0 Å². The number of hydrogen-bond acceptors (Lipinski definition) is 5. The minimum Gasteiger partial charge on any atom is -0.481 e. The van der Waals surface area contributed by atoms with E-state index in [1.54, 1.807) is 0 Å². The van der Waals surface area contributed by atoms with E-state index in [4.69, 9.17) is 9.72 Å². The molecular weight excluding hydrogens is 588 g/mol. The van der Waals surface area contributed by atoms with Gasteiger partial charge in [0.2, 0.25) is 5.91 Å². The van der Waals surface area contributed by atoms with Crippen molar-refractivity contribution in [2.24, 2.45) is 5.92 Å². The molecule has 47 heavy (non-hydrogen) atoms. The van der Waals surface area contributed by atoms with Crippen LogP contribution in [0.3, 0.4) is 0 Å². The molecule has 0 spiro atoms. The summed E-state index contributed by atoms with van der Waals surface area (Å²) >= 11 is 0. The standard InChI is InChI=1S/C39H48N4O4/c1-26-32(15-16-35(44)45)27(2)40-38-36(26)33-9-5-6-10-34(33)43(38)25-28-11-13-29(14-12-28)37(30-17-23-47-24-18-30)39(46)42-21-19-41(20-22-42)31-7-3-4-8-31/h5-6,9-14,30-31,37H,3-4,7-8,15-25H2,1-2H3,(H,44,45). The first-order valence-corrected chi connectivity index (χ1v) is 17.7. The third-order valence-corrected chi connectivity index (χ3v) is 11.2. The van der Waals surface area contributed by atoms with Crippen LogP contribution < -0.4 is 0 Å². The molecule has 2 aromatic heterocycles. The van der Waals surface area contributed by atoms with Gasteiger partial charge in [0.15, 0.2) is 0 Å². The summed E-state index contributed by atoms with van der Waals surface area (Å²) in [6, 6.07) is 17.9. The average molecular weight is 637 g/mol. The first-order valence-electron chi connectivity index (χ1n) is 17.7. The molecule has 3 aliphatic rings. The zero-order chi connectivity index (χ0) is 32.5. The number of carbonyl (C=O) groups excluding carboxylic acids is 1. The number of carboxylic acid groups (broad SMARTS) is 1. The molecule has 1 atom stereocenters. The van der Waals surface area contributed by atoms with Gasteiger partial charge in [0, 0.05) is 74.9 Å². The lowest BCUT2D eigenvalue weighted by atomic mass is 9.80. The summed E-state index contributed by atoms with van der Waals surface area (Å²) in [6.45, 7) is 9.81. The Bertz CT molecular complexity index is 1740. The van der Waals surface area contributed by atoms with Crippen molar-refractivity contribution in [2.45, 2.75) is 83.7 Å². The number of pyridine rings is 1. The van der Waals surface area contributed by atoms with Crippen molar-refractivity contribution < 1.29 is 19.4 Å². The van der Waals surface area contributed by atoms with Gasteiger partial charge in [0.1, 0.15) is 5.65 Å². The number of aryl methyl sites for hydroxylation is 2. The molecule has 1 saturated carbocycles. The number of amides is 1. The Morgan fingerprint density at radius 3 is 2.34 bits per heavy atom. The highest BCUT2D eigenvalue weighted by atomic mass is 16.5. The SMILES string of the molecule is Cc1nc2c(c(C)c1CCC(=O)O)c1ccccc1n2Cc1ccc(C(C(=O)N2CCN(C3CCCC3)CC2)C2CCOCC2)cc1. The van der Waals surface area contributed by atoms with Crippen LogP contribution in [-0.4, -0.2) is 81.8 Å². The lowest BCUT2D eigenvalue weighted by Crippen LogP contribution is -2.53. The second-order valence-electron chi connectivity index (χ2n) is 14.0. The van der Waals surface area contributed by atoms with Crippen molar-refractivity contribution in [1.82, 2.24) is 19.4 Å². The van der Waals surface area contributed by atoms with E-state index in [0.717, 1.165) is 102 Å². The van der Waals surface area contributed by atoms with E-state index in [2.05, 4.69) is 69.8 Å². The van der Waals surface area contributed by atoms with Gasteiger partial charge < -0.3 is 19.3 Å². The third kappa shape index (κ3) is 6.42. The van der Waals surface area contributed by atoms with Crippen LogP contribution >= 0.6 is 0 Å². The van der Waals surface area contributed by atoms with E-state index in [1.807, 2.05) is 6.92 Å². The second-order valence-corrected chi connectivity index (χ2v) is 14.0. The molecule has 0 radical (unpaired) electrons. The van der Waals surface area contributed by atoms with Gasteiger partial charge in [-0.05, 0) is 80.2 Å². The quantitative estimate of drug-likeness (QED) is 0.227. The molecule has 4 heterocycles. The van der Waals surface area contributed by atoms with Crippen molar-refractivity contribution in [3.63, 3.8) is 0 Å². The number of nitrogens with zero attached hydrogens (tertiary/aromatic N) is 4. The minimum atomic E-state index is -0.794. The predicted octanol–water partition coefficient (Wildman–Crippen LogP) is 6.47. The van der Waals surface area contributed by atoms with Crippen LogP contribution in [-0.2, 0) is 27.3 Å². The zero-order valence-corrected chi connectivity index (χ0v) is 27.9. The summed E-state index contributed by atoms with van der Waals surface area (Å²) in [5.74, 6) is -0.363. The number of carboxylic acids is 1. The molecule has 1 unspecified atom stereocenters. The molecule has 2 saturated heterocycles. The number of fused-ring (bicyclic) bond motifs is 3. The highest BCUT2D eigenvalue weighted by Gasteiger charge is 2.36. The third-order valence-electron chi connectivity index (χ3n) is 11.2. The highest BCUT2D eigenvalue weighted by molar-refractivity contribution is 6.08. The fourth-order valence-electron chi connectivity index (χ4n) is 8.64. The first kappa shape index (κ1) is 31.8. The van der Waals surface area contributed by atoms with E-state index < -0.39 is 5.97 Å². The Morgan fingerprint density at radius 2 is 1.64 bits per heavy atom. The predicted molar refractivity (Wildman–Crippen MR) is 185 cm³/mol. The smallest absolute Gasteiger partial charge is 0.303 e. The Hall–Kier alpha value is -3.75. The molecule has 1 aliphatic carbocycles. The van der Waals surface area contributed by atoms with E-state index in [9.17, 15) is 14.7 Å². The Balaban J connectivity index is 1.15. The summed E-state index contributed by atoms with van der Waals surface area (Å²) < 4.78 is 8.00. The summed E-state index contributed by atoms with van der Waals surface area (Å²) in [7, 11) is 0. The number of hydrogen-bond donors (Lipinski definition) is 1. The van der Waals surface area contributed by atoms with Gasteiger partial charge in [-0.1, -0.05) is 55.3 Å².